The maximum absolute atomic E-state index is 6.58. The molecule has 0 aliphatic carbocycles. The molecule has 232 valence electrons. The summed E-state index contributed by atoms with van der Waals surface area (Å²) in [6, 6.07) is 63.7. The van der Waals surface area contributed by atoms with Crippen LogP contribution in [0.3, 0.4) is 0 Å². The van der Waals surface area contributed by atoms with Crippen molar-refractivity contribution in [2.45, 2.75) is 0 Å². The molecule has 0 radical (unpaired) electrons. The largest absolute Gasteiger partial charge is 0.456 e. The van der Waals surface area contributed by atoms with Gasteiger partial charge in [-0.25, -0.2) is 0 Å². The summed E-state index contributed by atoms with van der Waals surface area (Å²) in [7, 11) is 0. The normalized spacial score (nSPS) is 12.0. The number of benzene rings is 9. The predicted molar refractivity (Wildman–Crippen MR) is 211 cm³/mol. The Labute approximate surface area is 288 Å². The summed E-state index contributed by atoms with van der Waals surface area (Å²) in [6.07, 6.45) is 0. The standard InChI is InChI=1S/C48H29NO/c1-2-17-37-35(15-1)36-16-3-4-18-38(36)42-29-33(25-26-39(37)42)31-12-7-11-30(27-31)32-13-8-14-34(28-32)49-43-21-9-20-41-40-19-5-6-23-45(40)50-46-24-10-22-44(49)48(46)47(41)43/h1-29H. The smallest absolute Gasteiger partial charge is 0.137 e. The van der Waals surface area contributed by atoms with Crippen molar-refractivity contribution >= 4 is 76.1 Å². The summed E-state index contributed by atoms with van der Waals surface area (Å²) in [5.41, 5.74) is 10.0. The average molecular weight is 636 g/mol. The first-order chi connectivity index (χ1) is 24.8. The Morgan fingerprint density at radius 2 is 0.800 bits per heavy atom. The van der Waals surface area contributed by atoms with Gasteiger partial charge in [0, 0.05) is 16.5 Å². The van der Waals surface area contributed by atoms with Crippen LogP contribution in [0.1, 0.15) is 0 Å². The van der Waals surface area contributed by atoms with Crippen molar-refractivity contribution in [2.24, 2.45) is 0 Å². The second-order valence-electron chi connectivity index (χ2n) is 13.3. The number of hydrogen-bond donors (Lipinski definition) is 0. The Bertz CT molecular complexity index is 3120. The molecule has 11 aromatic rings. The van der Waals surface area contributed by atoms with E-state index in [-0.39, 0.29) is 0 Å². The molecule has 0 N–H and O–H groups in total. The van der Waals surface area contributed by atoms with Gasteiger partial charge in [-0.3, -0.25) is 0 Å². The van der Waals surface area contributed by atoms with Gasteiger partial charge in [0.2, 0.25) is 0 Å². The minimum atomic E-state index is 0.892. The van der Waals surface area contributed by atoms with Gasteiger partial charge in [-0.1, -0.05) is 127 Å². The van der Waals surface area contributed by atoms with E-state index in [1.54, 1.807) is 0 Å². The highest BCUT2D eigenvalue weighted by atomic mass is 16.3. The number of aromatic nitrogens is 1. The SMILES string of the molecule is c1cc(-c2cccc(-n3c4cccc5oc6ccccc6c6cccc3c6c54)c2)cc(-c2ccc3c4ccccc4c4ccccc4c3c2)c1. The van der Waals surface area contributed by atoms with Crippen LogP contribution in [0.5, 0.6) is 0 Å². The molecule has 2 heteroatoms. The van der Waals surface area contributed by atoms with Crippen LogP contribution in [0, 0.1) is 0 Å². The van der Waals surface area contributed by atoms with E-state index in [0.29, 0.717) is 0 Å². The maximum Gasteiger partial charge on any atom is 0.137 e. The average Bonchev–Trinajstić information content (AvgIpc) is 3.45. The van der Waals surface area contributed by atoms with Gasteiger partial charge in [-0.2, -0.15) is 0 Å². The van der Waals surface area contributed by atoms with Crippen LogP contribution < -0.4 is 0 Å². The summed E-state index contributed by atoms with van der Waals surface area (Å²) >= 11 is 0. The Balaban J connectivity index is 1.08. The van der Waals surface area contributed by atoms with Crippen LogP contribution in [-0.4, -0.2) is 4.57 Å². The minimum absolute atomic E-state index is 0.892. The lowest BCUT2D eigenvalue weighted by Gasteiger charge is -2.13. The van der Waals surface area contributed by atoms with E-state index in [4.69, 9.17) is 4.42 Å². The number of fused-ring (bicyclic) bond motifs is 8. The summed E-state index contributed by atoms with van der Waals surface area (Å²) in [6.45, 7) is 0. The second-order valence-corrected chi connectivity index (χ2v) is 13.3. The maximum atomic E-state index is 6.58. The molecule has 0 fully saturated rings. The predicted octanol–water partition coefficient (Wildman–Crippen LogP) is 13.5. The van der Waals surface area contributed by atoms with Gasteiger partial charge in [0.15, 0.2) is 0 Å². The van der Waals surface area contributed by atoms with Gasteiger partial charge in [-0.05, 0) is 108 Å². The fourth-order valence-electron chi connectivity index (χ4n) is 8.35. The molecule has 0 spiro atoms. The second kappa shape index (κ2) is 10.4. The van der Waals surface area contributed by atoms with E-state index < -0.39 is 0 Å². The van der Waals surface area contributed by atoms with Gasteiger partial charge in [0.05, 0.1) is 16.4 Å². The molecule has 9 aromatic carbocycles. The summed E-state index contributed by atoms with van der Waals surface area (Å²) in [4.78, 5) is 0. The molecule has 0 aliphatic heterocycles. The van der Waals surface area contributed by atoms with Crippen LogP contribution in [-0.2, 0) is 0 Å². The van der Waals surface area contributed by atoms with Crippen molar-refractivity contribution in [2.75, 3.05) is 0 Å². The van der Waals surface area contributed by atoms with Gasteiger partial charge >= 0.3 is 0 Å². The first kappa shape index (κ1) is 27.3. The number of nitrogens with zero attached hydrogens (tertiary/aromatic N) is 1. The zero-order valence-electron chi connectivity index (χ0n) is 27.1. The zero-order valence-corrected chi connectivity index (χ0v) is 27.1. The van der Waals surface area contributed by atoms with Crippen LogP contribution in [0.4, 0.5) is 0 Å². The third kappa shape index (κ3) is 3.90. The molecule has 0 bridgehead atoms. The molecule has 11 rings (SSSR count). The van der Waals surface area contributed by atoms with E-state index in [1.165, 1.54) is 70.9 Å². The Hall–Kier alpha value is -6.64. The first-order valence-corrected chi connectivity index (χ1v) is 17.2. The third-order valence-electron chi connectivity index (χ3n) is 10.6. The number of hydrogen-bond acceptors (Lipinski definition) is 1. The van der Waals surface area contributed by atoms with Crippen molar-refractivity contribution < 1.29 is 4.42 Å². The van der Waals surface area contributed by atoms with E-state index in [2.05, 4.69) is 174 Å². The van der Waals surface area contributed by atoms with Crippen molar-refractivity contribution in [3.63, 3.8) is 0 Å². The highest BCUT2D eigenvalue weighted by molar-refractivity contribution is 6.27. The van der Waals surface area contributed by atoms with Crippen LogP contribution in [0.25, 0.3) is 104 Å². The quantitative estimate of drug-likeness (QED) is 0.177. The zero-order chi connectivity index (χ0) is 32.8. The molecule has 0 saturated heterocycles. The van der Waals surface area contributed by atoms with Gasteiger partial charge in [0.25, 0.3) is 0 Å². The third-order valence-corrected chi connectivity index (χ3v) is 10.6. The van der Waals surface area contributed by atoms with E-state index in [9.17, 15) is 0 Å². The lowest BCUT2D eigenvalue weighted by molar-refractivity contribution is 0.664. The topological polar surface area (TPSA) is 18.1 Å². The summed E-state index contributed by atoms with van der Waals surface area (Å²) in [5.74, 6) is 0. The molecule has 0 atom stereocenters. The number of rotatable bonds is 3. The van der Waals surface area contributed by atoms with E-state index >= 15 is 0 Å². The fraction of sp³-hybridized carbons (Fsp3) is 0. The van der Waals surface area contributed by atoms with Crippen molar-refractivity contribution in [1.29, 1.82) is 0 Å². The lowest BCUT2D eigenvalue weighted by atomic mass is 9.91. The van der Waals surface area contributed by atoms with Gasteiger partial charge < -0.3 is 8.98 Å². The fourth-order valence-corrected chi connectivity index (χ4v) is 8.35. The van der Waals surface area contributed by atoms with Crippen molar-refractivity contribution in [3.8, 4) is 27.9 Å². The van der Waals surface area contributed by atoms with E-state index in [0.717, 1.165) is 33.1 Å². The Morgan fingerprint density at radius 3 is 1.54 bits per heavy atom. The Kier molecular flexibility index (Phi) is 5.70. The first-order valence-electron chi connectivity index (χ1n) is 17.2. The van der Waals surface area contributed by atoms with E-state index in [1.807, 2.05) is 6.07 Å². The Morgan fingerprint density at radius 1 is 0.300 bits per heavy atom. The summed E-state index contributed by atoms with van der Waals surface area (Å²) in [5, 5.41) is 12.5. The molecule has 0 aliphatic rings. The minimum Gasteiger partial charge on any atom is -0.456 e. The molecule has 2 nitrogen and oxygen atoms in total. The molecule has 0 unspecified atom stereocenters. The van der Waals surface area contributed by atoms with Gasteiger partial charge in [-0.15, -0.1) is 0 Å². The number of para-hydroxylation sites is 1. The molecule has 2 aromatic heterocycles. The summed E-state index contributed by atoms with van der Waals surface area (Å²) < 4.78 is 8.97. The lowest BCUT2D eigenvalue weighted by Crippen LogP contribution is -1.94. The highest BCUT2D eigenvalue weighted by Gasteiger charge is 2.19. The van der Waals surface area contributed by atoms with Crippen LogP contribution in [0.15, 0.2) is 180 Å². The molecular weight excluding hydrogens is 607 g/mol. The molecular formula is C48H29NO. The van der Waals surface area contributed by atoms with Crippen molar-refractivity contribution in [1.82, 2.24) is 4.57 Å². The molecule has 0 amide bonds. The molecule has 0 saturated carbocycles. The van der Waals surface area contributed by atoms with Crippen LogP contribution >= 0.6 is 0 Å². The highest BCUT2D eigenvalue weighted by Crippen LogP contribution is 2.42. The monoisotopic (exact) mass is 635 g/mol. The molecule has 50 heavy (non-hydrogen) atoms. The molecule has 2 heterocycles. The van der Waals surface area contributed by atoms with Crippen molar-refractivity contribution in [3.05, 3.63) is 176 Å². The van der Waals surface area contributed by atoms with Crippen LogP contribution in [0.2, 0.25) is 0 Å². The van der Waals surface area contributed by atoms with Gasteiger partial charge in [0.1, 0.15) is 11.2 Å².